The van der Waals surface area contributed by atoms with Crippen LogP contribution in [0, 0.1) is 24.2 Å². The molecule has 8 heteroatoms. The minimum absolute atomic E-state index is 0. The van der Waals surface area contributed by atoms with E-state index in [-0.39, 0.29) is 26.6 Å². The summed E-state index contributed by atoms with van der Waals surface area (Å²) in [4.78, 5) is 12.7. The van der Waals surface area contributed by atoms with Crippen LogP contribution in [0.25, 0.3) is 28.0 Å². The average Bonchev–Trinajstić information content (AvgIpc) is 3.24. The molecule has 0 saturated carbocycles. The van der Waals surface area contributed by atoms with Crippen LogP contribution >= 0.6 is 0 Å². The van der Waals surface area contributed by atoms with Gasteiger partial charge in [0.05, 0.1) is 5.82 Å². The summed E-state index contributed by atoms with van der Waals surface area (Å²) in [5.41, 5.74) is 2.00. The van der Waals surface area contributed by atoms with Gasteiger partial charge >= 0.3 is 21.1 Å². The molecule has 5 rings (SSSR count). The Labute approximate surface area is 203 Å². The van der Waals surface area contributed by atoms with Gasteiger partial charge in [0, 0.05) is 22.3 Å². The maximum absolute atomic E-state index is 14.2. The molecule has 4 aromatic heterocycles. The fourth-order valence-corrected chi connectivity index (χ4v) is 3.51. The van der Waals surface area contributed by atoms with Crippen molar-refractivity contribution in [1.82, 2.24) is 24.7 Å². The molecule has 0 N–H and O–H groups in total. The van der Waals surface area contributed by atoms with Gasteiger partial charge in [-0.3, -0.25) is 9.97 Å². The smallest absolute Gasteiger partial charge is 0.311 e. The van der Waals surface area contributed by atoms with Crippen molar-refractivity contribution < 1.29 is 29.8 Å². The molecule has 0 unspecified atom stereocenters. The second kappa shape index (κ2) is 8.91. The van der Waals surface area contributed by atoms with Gasteiger partial charge in [0.25, 0.3) is 0 Å². The zero-order chi connectivity index (χ0) is 22.3. The summed E-state index contributed by atoms with van der Waals surface area (Å²) in [5, 5.41) is 5.45. The number of benzene rings is 1. The minimum Gasteiger partial charge on any atom is -0.311 e. The van der Waals surface area contributed by atoms with Crippen molar-refractivity contribution in [3.63, 3.8) is 0 Å². The number of nitrogens with zero attached hydrogens (tertiary/aromatic N) is 5. The first-order valence-electron chi connectivity index (χ1n) is 9.98. The summed E-state index contributed by atoms with van der Waals surface area (Å²) in [6.07, 6.45) is 3.22. The number of hydrogen-bond acceptors (Lipinski definition) is 4. The molecule has 5 aromatic rings. The Bertz CT molecular complexity index is 1410. The Kier molecular flexibility index (Phi) is 6.17. The van der Waals surface area contributed by atoms with E-state index < -0.39 is 17.3 Å². The number of rotatable bonds is 4. The number of halogens is 2. The molecular weight excluding hydrogens is 603 g/mol. The first-order valence-corrected chi connectivity index (χ1v) is 9.98. The van der Waals surface area contributed by atoms with Gasteiger partial charge < -0.3 is 9.67 Å². The summed E-state index contributed by atoms with van der Waals surface area (Å²) in [6, 6.07) is 22.2. The Morgan fingerprint density at radius 3 is 2.33 bits per heavy atom. The van der Waals surface area contributed by atoms with Crippen LogP contribution in [0.4, 0.5) is 8.78 Å². The van der Waals surface area contributed by atoms with Gasteiger partial charge in [-0.15, -0.1) is 23.6 Å². The SMILES string of the molecule is CC(C)(c1cccc(-c2[c-]cc(F)nc2F)n1)c1cccc(-n2[c-]c3ccccc3n2)n1.[Pt+2]. The second-order valence-electron chi connectivity index (χ2n) is 7.84. The van der Waals surface area contributed by atoms with Crippen molar-refractivity contribution in [2.45, 2.75) is 19.3 Å². The first kappa shape index (κ1) is 22.9. The fraction of sp³-hybridized carbons (Fsp3) is 0.120. The maximum Gasteiger partial charge on any atom is 2.00 e. The average molecular weight is 621 g/mol. The summed E-state index contributed by atoms with van der Waals surface area (Å²) in [7, 11) is 0. The largest absolute Gasteiger partial charge is 2.00 e. The first-order chi connectivity index (χ1) is 15.4. The van der Waals surface area contributed by atoms with Crippen LogP contribution in [-0.2, 0) is 26.5 Å². The van der Waals surface area contributed by atoms with Gasteiger partial charge in [-0.2, -0.15) is 0 Å². The molecule has 0 aliphatic heterocycles. The standard InChI is InChI=1S/C25H17F2N5.Pt/c1-25(2,20-10-5-9-19(28-20)17-13-14-22(26)30-24(17)27)21-11-6-12-23(29-21)32-15-16-7-3-4-8-18(16)31-32;/h3-12,14H,1-2H3;/q-2;+2. The number of hydrogen-bond donors (Lipinski definition) is 0. The normalized spacial score (nSPS) is 11.4. The zero-order valence-electron chi connectivity index (χ0n) is 17.7. The van der Waals surface area contributed by atoms with Crippen molar-refractivity contribution >= 4 is 10.9 Å². The van der Waals surface area contributed by atoms with Crippen molar-refractivity contribution in [2.24, 2.45) is 0 Å². The Balaban J connectivity index is 0.00000259. The molecule has 166 valence electrons. The topological polar surface area (TPSA) is 56.5 Å². The second-order valence-corrected chi connectivity index (χ2v) is 7.84. The molecule has 0 radical (unpaired) electrons. The van der Waals surface area contributed by atoms with E-state index in [1.54, 1.807) is 16.8 Å². The third-order valence-corrected chi connectivity index (χ3v) is 5.32. The summed E-state index contributed by atoms with van der Waals surface area (Å²) in [6.45, 7) is 3.97. The molecule has 5 nitrogen and oxygen atoms in total. The monoisotopic (exact) mass is 620 g/mol. The predicted octanol–water partition coefficient (Wildman–Crippen LogP) is 5.08. The molecule has 33 heavy (non-hydrogen) atoms. The van der Waals surface area contributed by atoms with Crippen LogP contribution in [0.1, 0.15) is 25.2 Å². The molecule has 0 atom stereocenters. The molecule has 4 heterocycles. The molecule has 0 aliphatic carbocycles. The number of pyridine rings is 3. The number of fused-ring (bicyclic) bond motifs is 1. The zero-order valence-corrected chi connectivity index (χ0v) is 19.9. The van der Waals surface area contributed by atoms with Gasteiger partial charge in [0.2, 0.25) is 0 Å². The van der Waals surface area contributed by atoms with E-state index >= 15 is 0 Å². The summed E-state index contributed by atoms with van der Waals surface area (Å²) >= 11 is 0. The van der Waals surface area contributed by atoms with E-state index in [9.17, 15) is 8.78 Å². The molecule has 0 saturated heterocycles. The molecule has 0 bridgehead atoms. The van der Waals surface area contributed by atoms with E-state index in [4.69, 9.17) is 4.98 Å². The third-order valence-electron chi connectivity index (χ3n) is 5.32. The molecule has 1 aromatic carbocycles. The van der Waals surface area contributed by atoms with E-state index in [1.165, 1.54) is 0 Å². The van der Waals surface area contributed by atoms with Crippen LogP contribution in [0.5, 0.6) is 0 Å². The molecule has 0 amide bonds. The summed E-state index contributed by atoms with van der Waals surface area (Å²) in [5.74, 6) is -1.24. The Morgan fingerprint density at radius 2 is 1.58 bits per heavy atom. The van der Waals surface area contributed by atoms with E-state index in [2.05, 4.69) is 27.3 Å². The van der Waals surface area contributed by atoms with Crippen LogP contribution < -0.4 is 0 Å². The van der Waals surface area contributed by atoms with Gasteiger partial charge in [0.15, 0.2) is 0 Å². The van der Waals surface area contributed by atoms with Gasteiger partial charge in [0.1, 0.15) is 11.9 Å². The Morgan fingerprint density at radius 1 is 0.848 bits per heavy atom. The van der Waals surface area contributed by atoms with Crippen molar-refractivity contribution in [1.29, 1.82) is 0 Å². The molecular formula is C25H17F2N5Pt. The van der Waals surface area contributed by atoms with Gasteiger partial charge in [-0.05, 0) is 37.9 Å². The van der Waals surface area contributed by atoms with Gasteiger partial charge in [-0.25, -0.2) is 13.9 Å². The van der Waals surface area contributed by atoms with Crippen LogP contribution in [0.2, 0.25) is 0 Å². The quantitative estimate of drug-likeness (QED) is 0.208. The number of aromatic nitrogens is 5. The van der Waals surface area contributed by atoms with E-state index in [1.807, 2.05) is 62.4 Å². The van der Waals surface area contributed by atoms with E-state index in [0.29, 0.717) is 17.2 Å². The van der Waals surface area contributed by atoms with Crippen molar-refractivity contribution in [3.8, 4) is 17.1 Å². The minimum atomic E-state index is -0.950. The summed E-state index contributed by atoms with van der Waals surface area (Å²) < 4.78 is 29.0. The Hall–Kier alpha value is -3.31. The molecule has 0 fully saturated rings. The van der Waals surface area contributed by atoms with Crippen molar-refractivity contribution in [3.05, 3.63) is 102 Å². The van der Waals surface area contributed by atoms with Crippen LogP contribution in [0.3, 0.4) is 0 Å². The van der Waals surface area contributed by atoms with Crippen molar-refractivity contribution in [2.75, 3.05) is 0 Å². The van der Waals surface area contributed by atoms with Crippen LogP contribution in [0.15, 0.2) is 66.7 Å². The van der Waals surface area contributed by atoms with Gasteiger partial charge in [-0.1, -0.05) is 48.0 Å². The maximum atomic E-state index is 14.2. The fourth-order valence-electron chi connectivity index (χ4n) is 3.51. The molecule has 0 spiro atoms. The van der Waals surface area contributed by atoms with E-state index in [0.717, 1.165) is 22.7 Å². The third kappa shape index (κ3) is 4.33. The molecule has 0 aliphatic rings. The van der Waals surface area contributed by atoms with Crippen LogP contribution in [-0.4, -0.2) is 24.7 Å². The predicted molar refractivity (Wildman–Crippen MR) is 116 cm³/mol.